The zero-order chi connectivity index (χ0) is 12.7. The second kappa shape index (κ2) is 3.95. The molecule has 0 amide bonds. The molecule has 0 aliphatic carbocycles. The maximum atomic E-state index is 4.59. The summed E-state index contributed by atoms with van der Waals surface area (Å²) < 4.78 is 2.12. The van der Waals surface area contributed by atoms with Gasteiger partial charge in [0.2, 0.25) is 0 Å². The van der Waals surface area contributed by atoms with E-state index >= 15 is 0 Å². The van der Waals surface area contributed by atoms with Gasteiger partial charge in [0.05, 0.1) is 11.2 Å². The topological polar surface area (TPSA) is 17.3 Å². The molecule has 3 heterocycles. The van der Waals surface area contributed by atoms with E-state index in [0.717, 1.165) is 5.69 Å². The van der Waals surface area contributed by atoms with Gasteiger partial charge in [-0.25, -0.2) is 0 Å². The van der Waals surface area contributed by atoms with Gasteiger partial charge in [-0.1, -0.05) is 30.3 Å². The predicted octanol–water partition coefficient (Wildman–Crippen LogP) is 4.15. The standard InChI is InChI=1S/C17H12N2/c1-2-6-14-13(5-1)8-10-18-17(14)15-9-12-19-11-4-3-7-16(15)19/h1-12H. The van der Waals surface area contributed by atoms with Crippen LogP contribution in [0.15, 0.2) is 73.2 Å². The van der Waals surface area contributed by atoms with Crippen molar-refractivity contribution in [3.63, 3.8) is 0 Å². The highest BCUT2D eigenvalue weighted by Crippen LogP contribution is 2.29. The molecule has 4 rings (SSSR count). The number of rotatable bonds is 1. The molecule has 0 spiro atoms. The molecule has 90 valence electrons. The number of hydrogen-bond donors (Lipinski definition) is 0. The molecule has 0 aliphatic rings. The molecule has 0 unspecified atom stereocenters. The maximum absolute atomic E-state index is 4.59. The molecule has 0 aliphatic heterocycles. The van der Waals surface area contributed by atoms with Crippen LogP contribution in [0.25, 0.3) is 27.5 Å². The molecule has 4 aromatic rings. The fourth-order valence-electron chi connectivity index (χ4n) is 2.59. The minimum Gasteiger partial charge on any atom is -0.323 e. The third kappa shape index (κ3) is 1.54. The van der Waals surface area contributed by atoms with E-state index in [1.165, 1.54) is 21.9 Å². The fourth-order valence-corrected chi connectivity index (χ4v) is 2.59. The minimum absolute atomic E-state index is 1.05. The Bertz CT molecular complexity index is 869. The lowest BCUT2D eigenvalue weighted by Crippen LogP contribution is -1.86. The lowest BCUT2D eigenvalue weighted by molar-refractivity contribution is 1.20. The van der Waals surface area contributed by atoms with Crippen LogP contribution in [0.1, 0.15) is 0 Å². The summed E-state index contributed by atoms with van der Waals surface area (Å²) in [6.07, 6.45) is 6.02. The second-order valence-corrected chi connectivity index (χ2v) is 4.60. The van der Waals surface area contributed by atoms with Gasteiger partial charge in [0.25, 0.3) is 0 Å². The highest BCUT2D eigenvalue weighted by atomic mass is 14.9. The Morgan fingerprint density at radius 3 is 2.68 bits per heavy atom. The van der Waals surface area contributed by atoms with Crippen LogP contribution >= 0.6 is 0 Å². The number of fused-ring (bicyclic) bond motifs is 2. The van der Waals surface area contributed by atoms with Gasteiger partial charge >= 0.3 is 0 Å². The Kier molecular flexibility index (Phi) is 2.15. The average Bonchev–Trinajstić information content (AvgIpc) is 2.90. The van der Waals surface area contributed by atoms with Crippen LogP contribution in [-0.2, 0) is 0 Å². The van der Waals surface area contributed by atoms with Crippen molar-refractivity contribution in [2.75, 3.05) is 0 Å². The van der Waals surface area contributed by atoms with E-state index in [0.29, 0.717) is 0 Å². The molecule has 2 heteroatoms. The van der Waals surface area contributed by atoms with E-state index < -0.39 is 0 Å². The fraction of sp³-hybridized carbons (Fsp3) is 0. The third-order valence-corrected chi connectivity index (χ3v) is 3.50. The molecule has 0 bridgehead atoms. The van der Waals surface area contributed by atoms with Gasteiger partial charge in [0, 0.05) is 29.5 Å². The van der Waals surface area contributed by atoms with E-state index in [1.54, 1.807) is 0 Å². The van der Waals surface area contributed by atoms with Gasteiger partial charge in [-0.2, -0.15) is 0 Å². The van der Waals surface area contributed by atoms with Crippen LogP contribution in [0.4, 0.5) is 0 Å². The molecular weight excluding hydrogens is 232 g/mol. The third-order valence-electron chi connectivity index (χ3n) is 3.50. The zero-order valence-electron chi connectivity index (χ0n) is 10.3. The maximum Gasteiger partial charge on any atom is 0.0801 e. The van der Waals surface area contributed by atoms with Crippen LogP contribution in [0.2, 0.25) is 0 Å². The summed E-state index contributed by atoms with van der Waals surface area (Å²) >= 11 is 0. The van der Waals surface area contributed by atoms with Gasteiger partial charge < -0.3 is 4.40 Å². The average molecular weight is 244 g/mol. The van der Waals surface area contributed by atoms with Gasteiger partial charge in [0.1, 0.15) is 0 Å². The van der Waals surface area contributed by atoms with Crippen molar-refractivity contribution in [3.8, 4) is 11.3 Å². The molecule has 19 heavy (non-hydrogen) atoms. The zero-order valence-corrected chi connectivity index (χ0v) is 10.3. The molecule has 1 aromatic carbocycles. The summed E-state index contributed by atoms with van der Waals surface area (Å²) in [4.78, 5) is 4.59. The Hall–Kier alpha value is -2.61. The highest BCUT2D eigenvalue weighted by Gasteiger charge is 2.09. The summed E-state index contributed by atoms with van der Waals surface area (Å²) in [5, 5.41) is 2.42. The first-order valence-corrected chi connectivity index (χ1v) is 6.33. The number of hydrogen-bond acceptors (Lipinski definition) is 1. The Morgan fingerprint density at radius 1 is 0.789 bits per heavy atom. The smallest absolute Gasteiger partial charge is 0.0801 e. The summed E-state index contributed by atoms with van der Waals surface area (Å²) in [5.41, 5.74) is 3.41. The summed E-state index contributed by atoms with van der Waals surface area (Å²) in [7, 11) is 0. The van der Waals surface area contributed by atoms with Crippen molar-refractivity contribution in [2.45, 2.75) is 0 Å². The molecule has 0 fully saturated rings. The normalized spacial score (nSPS) is 11.2. The molecule has 0 saturated heterocycles. The summed E-state index contributed by atoms with van der Waals surface area (Å²) in [6, 6.07) is 18.8. The van der Waals surface area contributed by atoms with Crippen molar-refractivity contribution in [2.24, 2.45) is 0 Å². The largest absolute Gasteiger partial charge is 0.323 e. The van der Waals surface area contributed by atoms with E-state index in [1.807, 2.05) is 12.3 Å². The quantitative estimate of drug-likeness (QED) is 0.491. The van der Waals surface area contributed by atoms with E-state index in [2.05, 4.69) is 70.3 Å². The molecule has 0 saturated carbocycles. The monoisotopic (exact) mass is 244 g/mol. The van der Waals surface area contributed by atoms with Crippen LogP contribution in [-0.4, -0.2) is 9.38 Å². The predicted molar refractivity (Wildman–Crippen MR) is 78.1 cm³/mol. The number of pyridine rings is 2. The van der Waals surface area contributed by atoms with Gasteiger partial charge in [-0.3, -0.25) is 4.98 Å². The first kappa shape index (κ1) is 10.3. The number of benzene rings is 1. The van der Waals surface area contributed by atoms with Crippen LogP contribution < -0.4 is 0 Å². The van der Waals surface area contributed by atoms with Crippen molar-refractivity contribution in [1.82, 2.24) is 9.38 Å². The Labute approximate surface area is 111 Å². The lowest BCUT2D eigenvalue weighted by atomic mass is 10.1. The van der Waals surface area contributed by atoms with Crippen LogP contribution in [0.5, 0.6) is 0 Å². The van der Waals surface area contributed by atoms with Crippen molar-refractivity contribution in [1.29, 1.82) is 0 Å². The first-order chi connectivity index (χ1) is 9.43. The SMILES string of the molecule is c1ccc2c(-c3ccn4ccccc34)nccc2c1. The number of nitrogens with zero attached hydrogens (tertiary/aromatic N) is 2. The van der Waals surface area contributed by atoms with Crippen molar-refractivity contribution in [3.05, 3.63) is 73.2 Å². The van der Waals surface area contributed by atoms with E-state index in [-0.39, 0.29) is 0 Å². The second-order valence-electron chi connectivity index (χ2n) is 4.60. The lowest BCUT2D eigenvalue weighted by Gasteiger charge is -2.04. The summed E-state index contributed by atoms with van der Waals surface area (Å²) in [5.74, 6) is 0. The molecule has 3 aromatic heterocycles. The Morgan fingerprint density at radius 2 is 1.68 bits per heavy atom. The van der Waals surface area contributed by atoms with Crippen LogP contribution in [0, 0.1) is 0 Å². The summed E-state index contributed by atoms with van der Waals surface area (Å²) in [6.45, 7) is 0. The first-order valence-electron chi connectivity index (χ1n) is 6.33. The van der Waals surface area contributed by atoms with E-state index in [4.69, 9.17) is 0 Å². The number of aromatic nitrogens is 2. The molecule has 0 radical (unpaired) electrons. The van der Waals surface area contributed by atoms with E-state index in [9.17, 15) is 0 Å². The van der Waals surface area contributed by atoms with Gasteiger partial charge in [-0.15, -0.1) is 0 Å². The molecular formula is C17H12N2. The highest BCUT2D eigenvalue weighted by molar-refractivity contribution is 5.98. The minimum atomic E-state index is 1.05. The molecule has 0 N–H and O–H groups in total. The van der Waals surface area contributed by atoms with Crippen molar-refractivity contribution < 1.29 is 0 Å². The van der Waals surface area contributed by atoms with Gasteiger partial charge in [0.15, 0.2) is 0 Å². The van der Waals surface area contributed by atoms with Crippen molar-refractivity contribution >= 4 is 16.3 Å². The van der Waals surface area contributed by atoms with Crippen LogP contribution in [0.3, 0.4) is 0 Å². The molecule has 2 nitrogen and oxygen atoms in total. The van der Waals surface area contributed by atoms with Gasteiger partial charge in [-0.05, 0) is 29.7 Å². The Balaban J connectivity index is 2.10. The molecule has 0 atom stereocenters.